The Hall–Kier alpha value is -6.04. The molecule has 3 aromatic carbocycles. The summed E-state index contributed by atoms with van der Waals surface area (Å²) in [7, 11) is 0. The Kier molecular flexibility index (Phi) is 16.9. The Morgan fingerprint density at radius 2 is 1.70 bits per heavy atom. The number of aromatic nitrogens is 1. The molecule has 1 fully saturated rings. The number of halogens is 1. The number of amides is 6. The van der Waals surface area contributed by atoms with Gasteiger partial charge in [0, 0.05) is 50.8 Å². The minimum absolute atomic E-state index is 0.00673. The van der Waals surface area contributed by atoms with Crippen molar-refractivity contribution in [2.75, 3.05) is 11.4 Å². The average Bonchev–Trinajstić information content (AvgIpc) is 4.03. The molecule has 17 heteroatoms. The van der Waals surface area contributed by atoms with E-state index < -0.39 is 59.4 Å². The number of nitrogens with one attached hydrogen (secondary N) is 3. The van der Waals surface area contributed by atoms with Gasteiger partial charge in [0.15, 0.2) is 0 Å². The van der Waals surface area contributed by atoms with Crippen molar-refractivity contribution in [2.45, 2.75) is 155 Å². The second kappa shape index (κ2) is 22.8. The van der Waals surface area contributed by atoms with Gasteiger partial charge < -0.3 is 36.4 Å². The lowest BCUT2D eigenvalue weighted by molar-refractivity contribution is -0.144. The summed E-state index contributed by atoms with van der Waals surface area (Å²) < 4.78 is 21.6. The zero-order valence-electron chi connectivity index (χ0n) is 40.7. The Morgan fingerprint density at radius 1 is 0.957 bits per heavy atom. The van der Waals surface area contributed by atoms with Crippen LogP contribution in [0, 0.1) is 18.2 Å². The number of aliphatic hydroxyl groups excluding tert-OH is 1. The number of primary amides is 1. The first-order chi connectivity index (χ1) is 33.4. The summed E-state index contributed by atoms with van der Waals surface area (Å²) in [5.41, 5.74) is 13.3. The molecule has 15 nitrogen and oxygen atoms in total. The van der Waals surface area contributed by atoms with Crippen LogP contribution >= 0.6 is 11.3 Å². The SMILES string of the molecule is Cc1ncsc1-c1ccc(CNC(=O)[C@@H]2C[C@@H](O)CN2C(=O)C(NC(=O)CCCCc2ccc(CO[C@H](C)[C@H](CCC(N)=O)NC(=O)[C@@H]3Cc4cccc5c4N3C(=O)CCC5)c(F)c2)C(C)(C)C)cc1. The Labute approximate surface area is 413 Å². The number of carbonyl (C=O) groups excluding carboxylic acids is 6. The molecule has 0 saturated carbocycles. The van der Waals surface area contributed by atoms with Gasteiger partial charge in [0.05, 0.1) is 46.6 Å². The summed E-state index contributed by atoms with van der Waals surface area (Å²) in [5, 5.41) is 19.5. The van der Waals surface area contributed by atoms with Crippen molar-refractivity contribution in [3.05, 3.63) is 106 Å². The quantitative estimate of drug-likeness (QED) is 0.0684. The van der Waals surface area contributed by atoms with Gasteiger partial charge in [-0.25, -0.2) is 9.37 Å². The lowest BCUT2D eigenvalue weighted by Crippen LogP contribution is -2.57. The number of hydrogen-bond acceptors (Lipinski definition) is 10. The fraction of sp³-hybridized carbons (Fsp3) is 0.491. The largest absolute Gasteiger partial charge is 0.391 e. The summed E-state index contributed by atoms with van der Waals surface area (Å²) in [6, 6.07) is 15.4. The predicted molar refractivity (Wildman–Crippen MR) is 265 cm³/mol. The highest BCUT2D eigenvalue weighted by molar-refractivity contribution is 7.13. The van der Waals surface area contributed by atoms with E-state index in [4.69, 9.17) is 10.5 Å². The number of nitrogens with zero attached hydrogens (tertiary/aromatic N) is 3. The Morgan fingerprint density at radius 3 is 2.40 bits per heavy atom. The number of thiazole rings is 1. The van der Waals surface area contributed by atoms with E-state index in [1.165, 1.54) is 11.0 Å². The molecule has 6 N–H and O–H groups in total. The van der Waals surface area contributed by atoms with Crippen molar-refractivity contribution in [2.24, 2.45) is 11.1 Å². The third-order valence-electron chi connectivity index (χ3n) is 13.6. The molecule has 4 aromatic rings. The van der Waals surface area contributed by atoms with Crippen LogP contribution in [-0.2, 0) is 65.9 Å². The molecular formula is C53H66FN7O8S. The van der Waals surface area contributed by atoms with Crippen LogP contribution in [0.2, 0.25) is 0 Å². The number of para-hydroxylation sites is 1. The molecule has 0 spiro atoms. The number of hydrogen-bond donors (Lipinski definition) is 5. The minimum atomic E-state index is -0.955. The standard InChI is InChI=1S/C53H66FN7O8S/c1-31-48(70-30-57-31)36-19-17-34(18-20-36)27-56-50(66)42-26-39(62)28-60(42)52(68)49(53(3,4)5)59-45(64)14-7-6-10-33-16-21-38(40(54)24-33)29-69-32(2)41(22-23-44(55)63)58-51(67)43-25-37-13-8-11-35-12-9-15-46(65)61(43)47(35)37/h8,11,13,16-21,24,30,32,39,41-43,49,62H,6-7,9-10,12,14-15,22-23,25-29H2,1-5H3,(H2,55,63)(H,56,66)(H,58,67)(H,59,64)/t32-,39-,41+,42+,43+,49?/m1/s1. The molecule has 3 aliphatic heterocycles. The van der Waals surface area contributed by atoms with Crippen molar-refractivity contribution >= 4 is 52.5 Å². The highest BCUT2D eigenvalue weighted by atomic mass is 32.1. The summed E-state index contributed by atoms with van der Waals surface area (Å²) in [4.78, 5) is 88.2. The van der Waals surface area contributed by atoms with Gasteiger partial charge in [-0.1, -0.05) is 75.4 Å². The highest BCUT2D eigenvalue weighted by Gasteiger charge is 2.45. The van der Waals surface area contributed by atoms with Crippen LogP contribution in [0.5, 0.6) is 0 Å². The predicted octanol–water partition coefficient (Wildman–Crippen LogP) is 5.73. The topological polar surface area (TPSA) is 213 Å². The molecule has 0 radical (unpaired) electrons. The molecular weight excluding hydrogens is 914 g/mol. The zero-order chi connectivity index (χ0) is 50.3. The van der Waals surface area contributed by atoms with Gasteiger partial charge in [0.25, 0.3) is 0 Å². The average molecular weight is 980 g/mol. The molecule has 0 bridgehead atoms. The minimum Gasteiger partial charge on any atom is -0.391 e. The first-order valence-corrected chi connectivity index (χ1v) is 25.2. The first-order valence-electron chi connectivity index (χ1n) is 24.3. The van der Waals surface area contributed by atoms with E-state index in [1.54, 1.807) is 40.8 Å². The fourth-order valence-corrected chi connectivity index (χ4v) is 10.5. The van der Waals surface area contributed by atoms with E-state index >= 15 is 4.39 Å². The third-order valence-corrected chi connectivity index (χ3v) is 14.6. The van der Waals surface area contributed by atoms with Crippen molar-refractivity contribution in [1.82, 2.24) is 25.8 Å². The fourth-order valence-electron chi connectivity index (χ4n) is 9.66. The van der Waals surface area contributed by atoms with E-state index in [9.17, 15) is 33.9 Å². The summed E-state index contributed by atoms with van der Waals surface area (Å²) >= 11 is 1.56. The molecule has 3 aliphatic rings. The van der Waals surface area contributed by atoms with E-state index in [0.717, 1.165) is 50.5 Å². The van der Waals surface area contributed by atoms with Crippen molar-refractivity contribution in [3.8, 4) is 10.4 Å². The number of anilines is 1. The van der Waals surface area contributed by atoms with E-state index in [-0.39, 0.29) is 69.0 Å². The molecule has 70 heavy (non-hydrogen) atoms. The highest BCUT2D eigenvalue weighted by Crippen LogP contribution is 2.39. The second-order valence-electron chi connectivity index (χ2n) is 20.0. The van der Waals surface area contributed by atoms with Crippen LogP contribution in [0.15, 0.2) is 66.2 Å². The molecule has 1 saturated heterocycles. The van der Waals surface area contributed by atoms with Crippen LogP contribution in [-0.4, -0.2) is 93.4 Å². The number of carbonyl (C=O) groups is 6. The number of likely N-dealkylation sites (tertiary alicyclic amines) is 1. The molecule has 6 atom stereocenters. The van der Waals surface area contributed by atoms with Crippen LogP contribution in [0.4, 0.5) is 10.1 Å². The number of nitrogens with two attached hydrogens (primary N) is 1. The normalized spacial score (nSPS) is 19.0. The number of aliphatic hydroxyl groups is 1. The van der Waals surface area contributed by atoms with Gasteiger partial charge in [-0.15, -0.1) is 11.3 Å². The number of benzene rings is 3. The molecule has 4 heterocycles. The Balaban J connectivity index is 0.871. The van der Waals surface area contributed by atoms with Crippen LogP contribution in [0.25, 0.3) is 10.4 Å². The van der Waals surface area contributed by atoms with Gasteiger partial charge in [-0.05, 0) is 91.7 Å². The lowest BCUT2D eigenvalue weighted by atomic mass is 9.85. The summed E-state index contributed by atoms with van der Waals surface area (Å²) in [5.74, 6) is -2.61. The molecule has 1 unspecified atom stereocenters. The third kappa shape index (κ3) is 12.6. The van der Waals surface area contributed by atoms with Gasteiger partial charge in [0.1, 0.15) is 23.9 Å². The van der Waals surface area contributed by atoms with E-state index in [0.29, 0.717) is 44.1 Å². The monoisotopic (exact) mass is 979 g/mol. The van der Waals surface area contributed by atoms with Crippen LogP contribution < -0.4 is 26.6 Å². The maximum Gasteiger partial charge on any atom is 0.246 e. The summed E-state index contributed by atoms with van der Waals surface area (Å²) in [6.45, 7) is 9.32. The second-order valence-corrected chi connectivity index (χ2v) is 20.8. The number of ether oxygens (including phenoxy) is 1. The molecule has 1 aromatic heterocycles. The van der Waals surface area contributed by atoms with Gasteiger partial charge >= 0.3 is 0 Å². The van der Waals surface area contributed by atoms with Gasteiger partial charge in [-0.2, -0.15) is 0 Å². The van der Waals surface area contributed by atoms with Crippen LogP contribution in [0.1, 0.15) is 113 Å². The van der Waals surface area contributed by atoms with Crippen LogP contribution in [0.3, 0.4) is 0 Å². The summed E-state index contributed by atoms with van der Waals surface area (Å²) in [6.07, 6.45) is 2.59. The lowest BCUT2D eigenvalue weighted by Gasteiger charge is -2.35. The number of rotatable bonds is 20. The molecule has 0 aliphatic carbocycles. The number of unbranched alkanes of at least 4 members (excludes halogenated alkanes) is 1. The van der Waals surface area contributed by atoms with Crippen molar-refractivity contribution in [3.63, 3.8) is 0 Å². The first kappa shape index (κ1) is 51.8. The maximum atomic E-state index is 15.5. The molecule has 6 amide bonds. The van der Waals surface area contributed by atoms with Crippen molar-refractivity contribution < 1.29 is 43.0 Å². The van der Waals surface area contributed by atoms with E-state index in [2.05, 4.69) is 20.9 Å². The van der Waals surface area contributed by atoms with Crippen molar-refractivity contribution in [1.29, 1.82) is 0 Å². The number of β-amino-alcohol motifs (C(OH)–C–C–N with tert-alkyl or cyclic N) is 1. The zero-order valence-corrected chi connectivity index (χ0v) is 41.5. The smallest absolute Gasteiger partial charge is 0.246 e. The van der Waals surface area contributed by atoms with Gasteiger partial charge in [-0.3, -0.25) is 33.7 Å². The number of aryl methyl sites for hydroxylation is 3. The molecule has 7 rings (SSSR count). The Bertz CT molecular complexity index is 2560. The maximum absolute atomic E-state index is 15.5. The van der Waals surface area contributed by atoms with E-state index in [1.807, 2.05) is 70.2 Å². The van der Waals surface area contributed by atoms with Gasteiger partial charge in [0.2, 0.25) is 35.4 Å². The molecule has 374 valence electrons.